The Balaban J connectivity index is 2.05. The molecule has 3 N–H and O–H groups in total. The van der Waals surface area contributed by atoms with Gasteiger partial charge in [-0.1, -0.05) is 0 Å². The van der Waals surface area contributed by atoms with E-state index in [9.17, 15) is 10.2 Å². The summed E-state index contributed by atoms with van der Waals surface area (Å²) in [4.78, 5) is 0. The van der Waals surface area contributed by atoms with Gasteiger partial charge in [-0.3, -0.25) is 0 Å². The molecule has 1 heterocycles. The summed E-state index contributed by atoms with van der Waals surface area (Å²) < 4.78 is 6.65. The number of nitrogens with one attached hydrogen (secondary N) is 1. The van der Waals surface area contributed by atoms with Crippen molar-refractivity contribution in [2.75, 3.05) is 19.8 Å². The van der Waals surface area contributed by atoms with Crippen molar-refractivity contribution < 1.29 is 14.9 Å². The summed E-state index contributed by atoms with van der Waals surface area (Å²) in [7, 11) is 0. The third-order valence-electron chi connectivity index (χ3n) is 3.50. The van der Waals surface area contributed by atoms with Gasteiger partial charge in [0.05, 0.1) is 15.6 Å². The molecule has 1 saturated heterocycles. The first-order chi connectivity index (χ1) is 9.06. The number of rotatable bonds is 4. The number of ether oxygens (including phenoxy) is 1. The topological polar surface area (TPSA) is 61.7 Å². The second-order valence-corrected chi connectivity index (χ2v) is 6.52. The molecule has 2 rings (SSSR count). The van der Waals surface area contributed by atoms with E-state index in [4.69, 9.17) is 4.74 Å². The first-order valence-corrected chi connectivity index (χ1v) is 7.75. The van der Waals surface area contributed by atoms with E-state index >= 15 is 0 Å². The zero-order chi connectivity index (χ0) is 13.9. The molecule has 0 bridgehead atoms. The zero-order valence-electron chi connectivity index (χ0n) is 10.5. The van der Waals surface area contributed by atoms with Crippen LogP contribution in [0.3, 0.4) is 0 Å². The van der Waals surface area contributed by atoms with E-state index in [2.05, 4.69) is 37.2 Å². The third kappa shape index (κ3) is 3.70. The molecule has 0 spiro atoms. The quantitative estimate of drug-likeness (QED) is 0.734. The van der Waals surface area contributed by atoms with Crippen LogP contribution in [0.25, 0.3) is 0 Å². The fraction of sp³-hybridized carbons (Fsp3) is 0.538. The van der Waals surface area contributed by atoms with Crippen LogP contribution in [-0.4, -0.2) is 35.6 Å². The van der Waals surface area contributed by atoms with Gasteiger partial charge in [0.15, 0.2) is 0 Å². The molecule has 0 aromatic heterocycles. The molecule has 0 amide bonds. The maximum Gasteiger partial charge on any atom is 0.143 e. The van der Waals surface area contributed by atoms with Crippen molar-refractivity contribution in [2.45, 2.75) is 24.9 Å². The SMILES string of the molecule is OCC1(NCc2cc(Br)c(O)c(Br)c2)CCOCC1. The number of halogens is 2. The number of aromatic hydroxyl groups is 1. The van der Waals surface area contributed by atoms with Crippen molar-refractivity contribution in [1.82, 2.24) is 5.32 Å². The molecule has 0 atom stereocenters. The summed E-state index contributed by atoms with van der Waals surface area (Å²) in [5, 5.41) is 22.7. The fourth-order valence-corrected chi connectivity index (χ4v) is 3.44. The highest BCUT2D eigenvalue weighted by molar-refractivity contribution is 9.11. The Kier molecular flexibility index (Phi) is 5.25. The summed E-state index contributed by atoms with van der Waals surface area (Å²) in [5.41, 5.74) is 0.783. The molecule has 1 aliphatic heterocycles. The molecular formula is C13H17Br2NO3. The summed E-state index contributed by atoms with van der Waals surface area (Å²) in [6, 6.07) is 3.75. The van der Waals surface area contributed by atoms with Crippen molar-refractivity contribution in [3.63, 3.8) is 0 Å². The molecule has 0 saturated carbocycles. The number of hydrogen-bond acceptors (Lipinski definition) is 4. The molecule has 1 aliphatic rings. The van der Waals surface area contributed by atoms with Crippen LogP contribution < -0.4 is 5.32 Å². The molecule has 106 valence electrons. The van der Waals surface area contributed by atoms with Crippen molar-refractivity contribution in [1.29, 1.82) is 0 Å². The van der Waals surface area contributed by atoms with Crippen LogP contribution in [-0.2, 0) is 11.3 Å². The Morgan fingerprint density at radius 1 is 1.21 bits per heavy atom. The predicted octanol–water partition coefficient (Wildman–Crippen LogP) is 2.55. The second-order valence-electron chi connectivity index (χ2n) is 4.81. The van der Waals surface area contributed by atoms with Crippen LogP contribution in [0.2, 0.25) is 0 Å². The lowest BCUT2D eigenvalue weighted by Gasteiger charge is -2.36. The second kappa shape index (κ2) is 6.54. The average Bonchev–Trinajstić information content (AvgIpc) is 2.43. The van der Waals surface area contributed by atoms with Gasteiger partial charge in [0.2, 0.25) is 0 Å². The highest BCUT2D eigenvalue weighted by Crippen LogP contribution is 2.33. The third-order valence-corrected chi connectivity index (χ3v) is 4.71. The summed E-state index contributed by atoms with van der Waals surface area (Å²) >= 11 is 6.63. The van der Waals surface area contributed by atoms with Gasteiger partial charge < -0.3 is 20.3 Å². The fourth-order valence-electron chi connectivity index (χ4n) is 2.16. The molecule has 0 aliphatic carbocycles. The van der Waals surface area contributed by atoms with Gasteiger partial charge in [-0.25, -0.2) is 0 Å². The molecule has 0 unspecified atom stereocenters. The Hall–Kier alpha value is -0.140. The van der Waals surface area contributed by atoms with Gasteiger partial charge in [0.1, 0.15) is 5.75 Å². The number of aliphatic hydroxyl groups is 1. The number of hydrogen-bond donors (Lipinski definition) is 3. The van der Waals surface area contributed by atoms with E-state index in [0.29, 0.717) is 28.7 Å². The first-order valence-electron chi connectivity index (χ1n) is 6.17. The van der Waals surface area contributed by atoms with E-state index < -0.39 is 0 Å². The van der Waals surface area contributed by atoms with E-state index in [1.54, 1.807) is 0 Å². The average molecular weight is 395 g/mol. The molecule has 1 aromatic rings. The van der Waals surface area contributed by atoms with E-state index in [1.165, 1.54) is 0 Å². The largest absolute Gasteiger partial charge is 0.506 e. The lowest BCUT2D eigenvalue weighted by Crippen LogP contribution is -2.51. The molecule has 0 radical (unpaired) electrons. The van der Waals surface area contributed by atoms with Gasteiger partial charge >= 0.3 is 0 Å². The minimum Gasteiger partial charge on any atom is -0.506 e. The maximum absolute atomic E-state index is 9.67. The Labute approximate surface area is 129 Å². The number of aliphatic hydroxyl groups excluding tert-OH is 1. The van der Waals surface area contributed by atoms with Crippen LogP contribution in [0.15, 0.2) is 21.1 Å². The molecule has 1 fully saturated rings. The molecule has 6 heteroatoms. The van der Waals surface area contributed by atoms with Crippen LogP contribution >= 0.6 is 31.9 Å². The van der Waals surface area contributed by atoms with Gasteiger partial charge in [0.25, 0.3) is 0 Å². The van der Waals surface area contributed by atoms with Crippen LogP contribution in [0, 0.1) is 0 Å². The maximum atomic E-state index is 9.67. The van der Waals surface area contributed by atoms with Crippen LogP contribution in [0.4, 0.5) is 0 Å². The smallest absolute Gasteiger partial charge is 0.143 e. The molecule has 1 aromatic carbocycles. The van der Waals surface area contributed by atoms with Gasteiger partial charge in [-0.15, -0.1) is 0 Å². The van der Waals surface area contributed by atoms with E-state index in [0.717, 1.165) is 18.4 Å². The van der Waals surface area contributed by atoms with Crippen molar-refractivity contribution >= 4 is 31.9 Å². The van der Waals surface area contributed by atoms with Gasteiger partial charge in [-0.2, -0.15) is 0 Å². The van der Waals surface area contributed by atoms with Crippen molar-refractivity contribution in [3.8, 4) is 5.75 Å². The van der Waals surface area contributed by atoms with Crippen molar-refractivity contribution in [2.24, 2.45) is 0 Å². The zero-order valence-corrected chi connectivity index (χ0v) is 13.6. The van der Waals surface area contributed by atoms with E-state index in [-0.39, 0.29) is 17.9 Å². The predicted molar refractivity (Wildman–Crippen MR) is 80.2 cm³/mol. The first kappa shape index (κ1) is 15.3. The summed E-state index contributed by atoms with van der Waals surface area (Å²) in [5.74, 6) is 0.201. The summed E-state index contributed by atoms with van der Waals surface area (Å²) in [6.07, 6.45) is 1.62. The highest BCUT2D eigenvalue weighted by Gasteiger charge is 2.31. The Morgan fingerprint density at radius 2 is 1.79 bits per heavy atom. The standard InChI is InChI=1S/C13H17Br2NO3/c14-10-5-9(6-11(15)12(10)18)7-16-13(8-17)1-3-19-4-2-13/h5-6,16-18H,1-4,7-8H2. The van der Waals surface area contributed by atoms with Crippen LogP contribution in [0.5, 0.6) is 5.75 Å². The number of phenols is 1. The number of phenolic OH excluding ortho intramolecular Hbond substituents is 1. The summed E-state index contributed by atoms with van der Waals surface area (Å²) in [6.45, 7) is 2.10. The minimum atomic E-state index is -0.255. The van der Waals surface area contributed by atoms with Gasteiger partial charge in [0, 0.05) is 25.3 Å². The Bertz CT molecular complexity index is 425. The minimum absolute atomic E-state index is 0.108. The molecular weight excluding hydrogens is 378 g/mol. The lowest BCUT2D eigenvalue weighted by atomic mass is 9.91. The van der Waals surface area contributed by atoms with E-state index in [1.807, 2.05) is 12.1 Å². The molecule has 19 heavy (non-hydrogen) atoms. The van der Waals surface area contributed by atoms with Crippen molar-refractivity contribution in [3.05, 3.63) is 26.6 Å². The normalized spacial score (nSPS) is 18.5. The number of benzene rings is 1. The Morgan fingerprint density at radius 3 is 2.32 bits per heavy atom. The van der Waals surface area contributed by atoms with Gasteiger partial charge in [-0.05, 0) is 62.4 Å². The van der Waals surface area contributed by atoms with Crippen LogP contribution in [0.1, 0.15) is 18.4 Å². The highest BCUT2D eigenvalue weighted by atomic mass is 79.9. The lowest BCUT2D eigenvalue weighted by molar-refractivity contribution is 0.0111. The molecule has 4 nitrogen and oxygen atoms in total. The monoisotopic (exact) mass is 393 g/mol.